The molecule has 1 atom stereocenters. The number of ether oxygens (including phenoxy) is 1. The van der Waals surface area contributed by atoms with E-state index in [1.54, 1.807) is 42.5 Å². The van der Waals surface area contributed by atoms with Gasteiger partial charge in [0.15, 0.2) is 11.4 Å². The van der Waals surface area contributed by atoms with Gasteiger partial charge < -0.3 is 14.7 Å². The number of anilines is 1. The molecule has 0 saturated heterocycles. The number of nitrogens with zero attached hydrogens (tertiary/aromatic N) is 1. The average molecular weight is 413 g/mol. The highest BCUT2D eigenvalue weighted by atomic mass is 16.5. The van der Waals surface area contributed by atoms with Crippen LogP contribution in [0, 0.1) is 0 Å². The zero-order chi connectivity index (χ0) is 21.8. The van der Waals surface area contributed by atoms with Crippen molar-refractivity contribution < 1.29 is 19.4 Å². The number of methoxy groups -OCH3 is 1. The summed E-state index contributed by atoms with van der Waals surface area (Å²) in [5.74, 6) is -0.447. The molecule has 1 amide bonds. The van der Waals surface area contributed by atoms with E-state index in [0.717, 1.165) is 5.56 Å². The molecule has 1 aliphatic heterocycles. The van der Waals surface area contributed by atoms with Gasteiger partial charge in [0.1, 0.15) is 5.75 Å². The van der Waals surface area contributed by atoms with E-state index < -0.39 is 11.5 Å². The number of hydrogen-bond acceptors (Lipinski definition) is 4. The molecule has 1 heterocycles. The molecule has 0 aromatic heterocycles. The second kappa shape index (κ2) is 8.58. The number of rotatable bonds is 7. The quantitative estimate of drug-likeness (QED) is 0.589. The molecular weight excluding hydrogens is 390 g/mol. The Morgan fingerprint density at radius 1 is 1.00 bits per heavy atom. The first kappa shape index (κ1) is 20.6. The summed E-state index contributed by atoms with van der Waals surface area (Å²) < 4.78 is 5.27. The first-order valence-corrected chi connectivity index (χ1v) is 10.1. The highest BCUT2D eigenvalue weighted by molar-refractivity contribution is 6.11. The molecule has 0 bridgehead atoms. The maximum absolute atomic E-state index is 13.3. The van der Waals surface area contributed by atoms with Crippen LogP contribution >= 0.6 is 0 Å². The summed E-state index contributed by atoms with van der Waals surface area (Å²) >= 11 is 0. The van der Waals surface area contributed by atoms with Gasteiger partial charge in [0.2, 0.25) is 0 Å². The fourth-order valence-electron chi connectivity index (χ4n) is 3.92. The minimum absolute atomic E-state index is 0.288. The summed E-state index contributed by atoms with van der Waals surface area (Å²) in [5, 5.41) is 11.4. The van der Waals surface area contributed by atoms with E-state index in [1.807, 2.05) is 48.6 Å². The molecule has 31 heavy (non-hydrogen) atoms. The molecule has 1 aliphatic rings. The van der Waals surface area contributed by atoms with Crippen LogP contribution in [0.15, 0.2) is 84.9 Å². The summed E-state index contributed by atoms with van der Waals surface area (Å²) in [6, 6.07) is 23.6. The van der Waals surface area contributed by atoms with Crippen molar-refractivity contribution in [3.8, 4) is 5.75 Å². The maximum atomic E-state index is 13.3. The number of carbonyl (C=O) groups excluding carboxylic acids is 2. The fourth-order valence-corrected chi connectivity index (χ4v) is 3.92. The van der Waals surface area contributed by atoms with Crippen molar-refractivity contribution >= 4 is 23.5 Å². The number of Topliss-reactive ketones (excluding diaryl/α,β-unsaturated/α-hetero) is 1. The molecule has 0 radical (unpaired) electrons. The topological polar surface area (TPSA) is 66.8 Å². The summed E-state index contributed by atoms with van der Waals surface area (Å²) in [4.78, 5) is 27.8. The molecule has 156 valence electrons. The van der Waals surface area contributed by atoms with Crippen molar-refractivity contribution in [2.24, 2.45) is 0 Å². The molecule has 5 nitrogen and oxygen atoms in total. The molecule has 5 heteroatoms. The van der Waals surface area contributed by atoms with E-state index in [9.17, 15) is 14.7 Å². The van der Waals surface area contributed by atoms with Gasteiger partial charge in [-0.1, -0.05) is 72.8 Å². The first-order chi connectivity index (χ1) is 15.0. The van der Waals surface area contributed by atoms with E-state index in [2.05, 4.69) is 0 Å². The number of fused-ring (bicyclic) bond motifs is 1. The van der Waals surface area contributed by atoms with Crippen LogP contribution in [0.4, 0.5) is 5.69 Å². The van der Waals surface area contributed by atoms with Gasteiger partial charge in [-0.2, -0.15) is 0 Å². The Morgan fingerprint density at radius 3 is 2.45 bits per heavy atom. The normalized spacial score (nSPS) is 17.7. The number of ketones is 1. The second-order valence-electron chi connectivity index (χ2n) is 7.41. The molecule has 0 aliphatic carbocycles. The summed E-state index contributed by atoms with van der Waals surface area (Å²) in [6.07, 6.45) is 3.44. The third kappa shape index (κ3) is 3.88. The fraction of sp³-hybridized carbons (Fsp3) is 0.154. The lowest BCUT2D eigenvalue weighted by Crippen LogP contribution is -2.42. The Kier molecular flexibility index (Phi) is 5.69. The van der Waals surface area contributed by atoms with Gasteiger partial charge in [0.25, 0.3) is 5.91 Å². The summed E-state index contributed by atoms with van der Waals surface area (Å²) in [7, 11) is 1.48. The number of para-hydroxylation sites is 2. The Morgan fingerprint density at radius 2 is 1.68 bits per heavy atom. The predicted molar refractivity (Wildman–Crippen MR) is 120 cm³/mol. The van der Waals surface area contributed by atoms with E-state index in [1.165, 1.54) is 12.0 Å². The highest BCUT2D eigenvalue weighted by Gasteiger charge is 2.50. The van der Waals surface area contributed by atoms with Crippen LogP contribution in [0.5, 0.6) is 5.75 Å². The second-order valence-corrected chi connectivity index (χ2v) is 7.41. The van der Waals surface area contributed by atoms with Crippen molar-refractivity contribution in [3.63, 3.8) is 0 Å². The minimum Gasteiger partial charge on any atom is -0.496 e. The zero-order valence-corrected chi connectivity index (χ0v) is 17.2. The Hall–Kier alpha value is -3.70. The van der Waals surface area contributed by atoms with Gasteiger partial charge in [0.05, 0.1) is 24.8 Å². The van der Waals surface area contributed by atoms with Crippen molar-refractivity contribution in [2.75, 3.05) is 18.6 Å². The Labute approximate surface area is 181 Å². The monoisotopic (exact) mass is 413 g/mol. The number of hydrogen-bond donors (Lipinski definition) is 1. The Bertz CT molecular complexity index is 1140. The van der Waals surface area contributed by atoms with Gasteiger partial charge in [-0.15, -0.1) is 0 Å². The van der Waals surface area contributed by atoms with Crippen LogP contribution in [0.3, 0.4) is 0 Å². The van der Waals surface area contributed by atoms with Crippen LogP contribution in [-0.4, -0.2) is 30.5 Å². The van der Waals surface area contributed by atoms with Crippen LogP contribution in [0.1, 0.15) is 27.9 Å². The number of carbonyl (C=O) groups is 2. The van der Waals surface area contributed by atoms with Crippen LogP contribution in [0.2, 0.25) is 0 Å². The van der Waals surface area contributed by atoms with Crippen LogP contribution in [-0.2, 0) is 10.4 Å². The lowest BCUT2D eigenvalue weighted by Gasteiger charge is -2.22. The molecule has 1 N–H and O–H groups in total. The van der Waals surface area contributed by atoms with Gasteiger partial charge in [-0.3, -0.25) is 9.59 Å². The molecule has 1 unspecified atom stereocenters. The van der Waals surface area contributed by atoms with Crippen LogP contribution in [0.25, 0.3) is 6.08 Å². The maximum Gasteiger partial charge on any atom is 0.264 e. The largest absolute Gasteiger partial charge is 0.496 e. The molecule has 0 spiro atoms. The Balaban J connectivity index is 1.62. The van der Waals surface area contributed by atoms with Gasteiger partial charge in [-0.25, -0.2) is 0 Å². The standard InChI is InChI=1S/C26H23NO4/c1-31-24-16-8-5-13-20(24)23(28)18-26(30)21-14-6-7-15-22(21)27(25(26)29)17-9-12-19-10-3-2-4-11-19/h2-16,30H,17-18H2,1H3/b12-9+. The number of aliphatic hydroxyl groups is 1. The van der Waals surface area contributed by atoms with E-state index in [4.69, 9.17) is 4.74 Å². The molecule has 0 fully saturated rings. The molecule has 3 aromatic carbocycles. The molecule has 4 rings (SSSR count). The molecule has 0 saturated carbocycles. The third-order valence-electron chi connectivity index (χ3n) is 5.46. The van der Waals surface area contributed by atoms with Gasteiger partial charge in [-0.05, 0) is 23.8 Å². The van der Waals surface area contributed by atoms with Crippen LogP contribution < -0.4 is 9.64 Å². The van der Waals surface area contributed by atoms with Gasteiger partial charge >= 0.3 is 0 Å². The lowest BCUT2D eigenvalue weighted by atomic mass is 9.88. The molecular formula is C26H23NO4. The predicted octanol–water partition coefficient (Wildman–Crippen LogP) is 4.22. The van der Waals surface area contributed by atoms with E-state index >= 15 is 0 Å². The van der Waals surface area contributed by atoms with Gasteiger partial charge in [0, 0.05) is 12.1 Å². The lowest BCUT2D eigenvalue weighted by molar-refractivity contribution is -0.135. The average Bonchev–Trinajstić information content (AvgIpc) is 3.01. The summed E-state index contributed by atoms with van der Waals surface area (Å²) in [5.41, 5.74) is 0.488. The third-order valence-corrected chi connectivity index (χ3v) is 5.46. The smallest absolute Gasteiger partial charge is 0.264 e. The molecule has 3 aromatic rings. The van der Waals surface area contributed by atoms with Crippen molar-refractivity contribution in [1.82, 2.24) is 0 Å². The SMILES string of the molecule is COc1ccccc1C(=O)CC1(O)C(=O)N(C/C=C/c2ccccc2)c2ccccc21. The van der Waals surface area contributed by atoms with E-state index in [-0.39, 0.29) is 18.7 Å². The van der Waals surface area contributed by atoms with Crippen molar-refractivity contribution in [2.45, 2.75) is 12.0 Å². The highest BCUT2D eigenvalue weighted by Crippen LogP contribution is 2.43. The first-order valence-electron chi connectivity index (χ1n) is 10.1. The number of benzene rings is 3. The zero-order valence-electron chi connectivity index (χ0n) is 17.2. The van der Waals surface area contributed by atoms with E-state index in [0.29, 0.717) is 22.6 Å². The minimum atomic E-state index is -1.92. The summed E-state index contributed by atoms with van der Waals surface area (Å²) in [6.45, 7) is 0.288. The van der Waals surface area contributed by atoms with Crippen molar-refractivity contribution in [3.05, 3.63) is 102 Å². The number of amides is 1. The van der Waals surface area contributed by atoms with Crippen molar-refractivity contribution in [1.29, 1.82) is 0 Å².